The monoisotopic (exact) mass is 182 g/mol. The molecule has 1 aliphatic heterocycles. The maximum Gasteiger partial charge on any atom is 0.181 e. The second-order valence-electron chi connectivity index (χ2n) is 3.61. The van der Waals surface area contributed by atoms with E-state index in [0.29, 0.717) is 0 Å². The Morgan fingerprint density at radius 2 is 2.31 bits per heavy atom. The third-order valence-electron chi connectivity index (χ3n) is 2.83. The Labute approximate surface area is 80.3 Å². The summed E-state index contributed by atoms with van der Waals surface area (Å²) < 4.78 is 5.53. The molecule has 0 aromatic rings. The van der Waals surface area contributed by atoms with E-state index < -0.39 is 0 Å². The Morgan fingerprint density at radius 3 is 2.85 bits per heavy atom. The van der Waals surface area contributed by atoms with E-state index in [1.54, 1.807) is 12.0 Å². The summed E-state index contributed by atoms with van der Waals surface area (Å²) in [6.45, 7) is 2.98. The van der Waals surface area contributed by atoms with Crippen molar-refractivity contribution in [2.45, 2.75) is 44.8 Å². The van der Waals surface area contributed by atoms with Crippen LogP contribution in [0.15, 0.2) is 0 Å². The normalized spacial score (nSPS) is 28.5. The first kappa shape index (κ1) is 10.3. The lowest BCUT2D eigenvalue weighted by Crippen LogP contribution is -2.50. The second kappa shape index (κ2) is 4.48. The molecule has 0 N–H and O–H groups in total. The Balaban J connectivity index is 2.73. The van der Waals surface area contributed by atoms with Crippen LogP contribution in [0.2, 0.25) is 0 Å². The van der Waals surface area contributed by atoms with E-state index in [1.807, 2.05) is 0 Å². The molecule has 3 nitrogen and oxygen atoms in total. The zero-order valence-corrected chi connectivity index (χ0v) is 8.55. The zero-order chi connectivity index (χ0) is 9.73. The van der Waals surface area contributed by atoms with Crippen molar-refractivity contribution in [1.29, 1.82) is 5.26 Å². The van der Waals surface area contributed by atoms with Crippen LogP contribution in [-0.2, 0) is 4.74 Å². The summed E-state index contributed by atoms with van der Waals surface area (Å²) in [6, 6.07) is 0. The van der Waals surface area contributed by atoms with Crippen molar-refractivity contribution in [3.63, 3.8) is 0 Å². The highest BCUT2D eigenvalue weighted by molar-refractivity contribution is 4.92. The summed E-state index contributed by atoms with van der Waals surface area (Å²) in [4.78, 5) is 1.81. The molecule has 0 radical (unpaired) electrons. The average Bonchev–Trinajstić information content (AvgIpc) is 2.19. The zero-order valence-electron chi connectivity index (χ0n) is 8.55. The molecule has 0 aromatic heterocycles. The smallest absolute Gasteiger partial charge is 0.181 e. The van der Waals surface area contributed by atoms with Crippen LogP contribution in [0.5, 0.6) is 0 Å². The largest absolute Gasteiger partial charge is 0.358 e. The van der Waals surface area contributed by atoms with Gasteiger partial charge in [0.15, 0.2) is 6.19 Å². The van der Waals surface area contributed by atoms with Crippen LogP contribution in [0.25, 0.3) is 0 Å². The lowest BCUT2D eigenvalue weighted by molar-refractivity contribution is -0.136. The third kappa shape index (κ3) is 1.94. The Kier molecular flexibility index (Phi) is 3.56. The lowest BCUT2D eigenvalue weighted by Gasteiger charge is -2.42. The Bertz CT molecular complexity index is 196. The molecule has 3 heteroatoms. The van der Waals surface area contributed by atoms with Crippen molar-refractivity contribution in [3.8, 4) is 6.19 Å². The summed E-state index contributed by atoms with van der Waals surface area (Å²) in [7, 11) is 1.71. The molecular formula is C10H18N2O. The molecule has 0 amide bonds. The second-order valence-corrected chi connectivity index (χ2v) is 3.61. The summed E-state index contributed by atoms with van der Waals surface area (Å²) in [5.74, 6) is 0. The SMILES string of the molecule is CCCC1(OC)CCCCN1C#N. The van der Waals surface area contributed by atoms with E-state index in [4.69, 9.17) is 10.00 Å². The third-order valence-corrected chi connectivity index (χ3v) is 2.83. The molecule has 1 atom stereocenters. The molecule has 1 aliphatic rings. The number of nitrogens with zero attached hydrogens (tertiary/aromatic N) is 2. The van der Waals surface area contributed by atoms with Gasteiger partial charge in [0, 0.05) is 13.7 Å². The summed E-state index contributed by atoms with van der Waals surface area (Å²) in [5.41, 5.74) is -0.290. The van der Waals surface area contributed by atoms with Gasteiger partial charge in [0.05, 0.1) is 0 Å². The van der Waals surface area contributed by atoms with Gasteiger partial charge >= 0.3 is 0 Å². The van der Waals surface area contributed by atoms with Crippen LogP contribution < -0.4 is 0 Å². The van der Waals surface area contributed by atoms with Crippen LogP contribution in [0.1, 0.15) is 39.0 Å². The Hall–Kier alpha value is -0.750. The molecule has 0 aromatic carbocycles. The van der Waals surface area contributed by atoms with Crippen molar-refractivity contribution >= 4 is 0 Å². The van der Waals surface area contributed by atoms with Crippen molar-refractivity contribution < 1.29 is 4.74 Å². The fourth-order valence-electron chi connectivity index (χ4n) is 2.12. The van der Waals surface area contributed by atoms with E-state index in [0.717, 1.165) is 32.2 Å². The first-order valence-electron chi connectivity index (χ1n) is 5.01. The average molecular weight is 182 g/mol. The number of hydrogen-bond acceptors (Lipinski definition) is 3. The predicted molar refractivity (Wildman–Crippen MR) is 50.8 cm³/mol. The number of hydrogen-bond donors (Lipinski definition) is 0. The molecule has 74 valence electrons. The van der Waals surface area contributed by atoms with Gasteiger partial charge in [-0.15, -0.1) is 0 Å². The molecular weight excluding hydrogens is 164 g/mol. The molecule has 0 bridgehead atoms. The number of methoxy groups -OCH3 is 1. The van der Waals surface area contributed by atoms with Crippen molar-refractivity contribution in [2.75, 3.05) is 13.7 Å². The topological polar surface area (TPSA) is 36.3 Å². The minimum atomic E-state index is -0.290. The van der Waals surface area contributed by atoms with Gasteiger partial charge in [-0.25, -0.2) is 0 Å². The first-order chi connectivity index (χ1) is 6.29. The van der Waals surface area contributed by atoms with Gasteiger partial charge in [-0.05, 0) is 25.7 Å². The summed E-state index contributed by atoms with van der Waals surface area (Å²) in [6.07, 6.45) is 7.53. The molecule has 1 saturated heterocycles. The van der Waals surface area contributed by atoms with Gasteiger partial charge in [0.2, 0.25) is 0 Å². The van der Waals surface area contributed by atoms with E-state index >= 15 is 0 Å². The highest BCUT2D eigenvalue weighted by Gasteiger charge is 2.37. The van der Waals surface area contributed by atoms with E-state index in [-0.39, 0.29) is 5.72 Å². The van der Waals surface area contributed by atoms with Crippen molar-refractivity contribution in [1.82, 2.24) is 4.90 Å². The fraction of sp³-hybridized carbons (Fsp3) is 0.900. The van der Waals surface area contributed by atoms with Crippen LogP contribution >= 0.6 is 0 Å². The van der Waals surface area contributed by atoms with Gasteiger partial charge in [-0.3, -0.25) is 4.90 Å². The minimum Gasteiger partial charge on any atom is -0.358 e. The quantitative estimate of drug-likeness (QED) is 0.627. The minimum absolute atomic E-state index is 0.290. The lowest BCUT2D eigenvalue weighted by atomic mass is 9.94. The van der Waals surface area contributed by atoms with E-state index in [9.17, 15) is 0 Å². The molecule has 13 heavy (non-hydrogen) atoms. The van der Waals surface area contributed by atoms with Gasteiger partial charge in [0.25, 0.3) is 0 Å². The number of ether oxygens (including phenoxy) is 1. The standard InChI is InChI=1S/C10H18N2O/c1-3-6-10(13-2)7-4-5-8-12(10)9-11/h3-8H2,1-2H3. The predicted octanol–water partition coefficient (Wildman–Crippen LogP) is 2.10. The number of likely N-dealkylation sites (tertiary alicyclic amines) is 1. The van der Waals surface area contributed by atoms with Gasteiger partial charge < -0.3 is 4.74 Å². The Morgan fingerprint density at radius 1 is 1.54 bits per heavy atom. The van der Waals surface area contributed by atoms with Gasteiger partial charge in [0.1, 0.15) is 5.72 Å². The van der Waals surface area contributed by atoms with Crippen molar-refractivity contribution in [2.24, 2.45) is 0 Å². The van der Waals surface area contributed by atoms with Crippen molar-refractivity contribution in [3.05, 3.63) is 0 Å². The van der Waals surface area contributed by atoms with Gasteiger partial charge in [-0.1, -0.05) is 13.3 Å². The van der Waals surface area contributed by atoms with E-state index in [1.165, 1.54) is 6.42 Å². The molecule has 1 unspecified atom stereocenters. The molecule has 1 rings (SSSR count). The number of rotatable bonds is 3. The fourth-order valence-corrected chi connectivity index (χ4v) is 2.12. The summed E-state index contributed by atoms with van der Waals surface area (Å²) in [5, 5.41) is 8.98. The van der Waals surface area contributed by atoms with Crippen LogP contribution in [0, 0.1) is 11.5 Å². The highest BCUT2D eigenvalue weighted by atomic mass is 16.5. The number of nitriles is 1. The van der Waals surface area contributed by atoms with E-state index in [2.05, 4.69) is 13.1 Å². The molecule has 0 spiro atoms. The number of piperidine rings is 1. The molecule has 1 heterocycles. The molecule has 0 saturated carbocycles. The van der Waals surface area contributed by atoms with Crippen LogP contribution in [-0.4, -0.2) is 24.3 Å². The van der Waals surface area contributed by atoms with Gasteiger partial charge in [-0.2, -0.15) is 5.26 Å². The summed E-state index contributed by atoms with van der Waals surface area (Å²) >= 11 is 0. The first-order valence-corrected chi connectivity index (χ1v) is 5.01. The highest BCUT2D eigenvalue weighted by Crippen LogP contribution is 2.32. The maximum absolute atomic E-state index is 8.98. The molecule has 0 aliphatic carbocycles. The van der Waals surface area contributed by atoms with Crippen LogP contribution in [0.4, 0.5) is 0 Å². The molecule has 1 fully saturated rings. The van der Waals surface area contributed by atoms with Crippen LogP contribution in [0.3, 0.4) is 0 Å². The maximum atomic E-state index is 8.98.